The first kappa shape index (κ1) is 22.1. The molecule has 0 aliphatic carbocycles. The molecule has 4 rings (SSSR count). The normalized spacial score (nSPS) is 15.4. The Balaban J connectivity index is 1.66. The Morgan fingerprint density at radius 3 is 2.53 bits per heavy atom. The van der Waals surface area contributed by atoms with Crippen LogP contribution in [0.4, 0.5) is 5.13 Å². The lowest BCUT2D eigenvalue weighted by atomic mass is 9.88. The van der Waals surface area contributed by atoms with Crippen LogP contribution in [0.1, 0.15) is 28.8 Å². The van der Waals surface area contributed by atoms with Crippen molar-refractivity contribution in [1.29, 1.82) is 0 Å². The summed E-state index contributed by atoms with van der Waals surface area (Å²) in [5.74, 6) is -0.787. The van der Waals surface area contributed by atoms with Crippen LogP contribution in [-0.4, -0.2) is 23.8 Å². The van der Waals surface area contributed by atoms with E-state index in [4.69, 9.17) is 38.4 Å². The molecule has 2 heterocycles. The quantitative estimate of drug-likeness (QED) is 0.282. The molecule has 0 bridgehead atoms. The summed E-state index contributed by atoms with van der Waals surface area (Å²) in [6.45, 7) is 1.94. The highest BCUT2D eigenvalue weighted by atomic mass is 35.5. The number of nitrogens with one attached hydrogen (secondary N) is 1. The van der Waals surface area contributed by atoms with Crippen LogP contribution < -0.4 is 15.9 Å². The van der Waals surface area contributed by atoms with Gasteiger partial charge < -0.3 is 15.2 Å². The van der Waals surface area contributed by atoms with E-state index in [1.54, 1.807) is 37.4 Å². The van der Waals surface area contributed by atoms with Crippen molar-refractivity contribution < 1.29 is 14.3 Å². The minimum absolute atomic E-state index is 0.0441. The van der Waals surface area contributed by atoms with E-state index in [1.165, 1.54) is 11.3 Å². The van der Waals surface area contributed by atoms with Gasteiger partial charge in [0, 0.05) is 10.0 Å². The molecule has 1 aliphatic rings. The molecular formula is C22H18Cl2N4O3S. The number of esters is 1. The van der Waals surface area contributed by atoms with E-state index in [9.17, 15) is 4.79 Å². The predicted molar refractivity (Wildman–Crippen MR) is 127 cm³/mol. The van der Waals surface area contributed by atoms with Crippen molar-refractivity contribution >= 4 is 51.9 Å². The number of halogens is 2. The van der Waals surface area contributed by atoms with E-state index in [1.807, 2.05) is 24.3 Å². The molecule has 0 saturated carbocycles. The first-order chi connectivity index (χ1) is 15.5. The number of thiazole rings is 1. The van der Waals surface area contributed by atoms with E-state index >= 15 is 0 Å². The highest BCUT2D eigenvalue weighted by molar-refractivity contribution is 7.16. The third-order valence-electron chi connectivity index (χ3n) is 4.59. The van der Waals surface area contributed by atoms with Gasteiger partial charge in [0.25, 0.3) is 0 Å². The van der Waals surface area contributed by atoms with Crippen molar-refractivity contribution in [2.75, 3.05) is 12.0 Å². The average molecular weight is 489 g/mol. The van der Waals surface area contributed by atoms with Crippen molar-refractivity contribution in [1.82, 2.24) is 4.98 Å². The number of aromatic nitrogens is 1. The van der Waals surface area contributed by atoms with Crippen molar-refractivity contribution in [2.45, 2.75) is 12.8 Å². The summed E-state index contributed by atoms with van der Waals surface area (Å²) in [5.41, 5.74) is 10.9. The number of fused-ring (bicyclic) bond motifs is 1. The average Bonchev–Trinajstić information content (AvgIpc) is 3.17. The van der Waals surface area contributed by atoms with E-state index < -0.39 is 11.9 Å². The number of anilines is 1. The summed E-state index contributed by atoms with van der Waals surface area (Å²) < 4.78 is 10.9. The molecule has 3 N–H and O–H groups in total. The van der Waals surface area contributed by atoms with Gasteiger partial charge in [0.2, 0.25) is 16.9 Å². The second kappa shape index (κ2) is 9.60. The molecule has 1 aromatic heterocycles. The summed E-state index contributed by atoms with van der Waals surface area (Å²) in [7, 11) is 0. The maximum atomic E-state index is 12.7. The molecule has 0 fully saturated rings. The molecule has 0 spiro atoms. The van der Waals surface area contributed by atoms with Gasteiger partial charge in [-0.05, 0) is 42.3 Å². The number of hydrogen-bond acceptors (Lipinski definition) is 8. The van der Waals surface area contributed by atoms with Crippen LogP contribution in [-0.2, 0) is 9.53 Å². The molecule has 1 atom stereocenters. The van der Waals surface area contributed by atoms with Gasteiger partial charge in [0.15, 0.2) is 0 Å². The summed E-state index contributed by atoms with van der Waals surface area (Å²) in [6.07, 6.45) is 1.64. The zero-order valence-electron chi connectivity index (χ0n) is 16.8. The fourth-order valence-corrected chi connectivity index (χ4v) is 4.40. The standard InChI is InChI=1S/C22H18Cl2N4O3S/c1-2-30-21(29)17-16(13-5-9-15(24)10-6-13)18-20(31-19(17)25)27-22(32-18)28-26-11-12-3-7-14(23)8-4-12/h3-11,16H,2,25H2,1H3,(H,27,28)/b26-11+. The van der Waals surface area contributed by atoms with Gasteiger partial charge in [-0.2, -0.15) is 10.1 Å². The lowest BCUT2D eigenvalue weighted by Gasteiger charge is -2.25. The topological polar surface area (TPSA) is 98.8 Å². The van der Waals surface area contributed by atoms with E-state index in [0.29, 0.717) is 25.9 Å². The van der Waals surface area contributed by atoms with Gasteiger partial charge in [-0.1, -0.05) is 58.8 Å². The lowest BCUT2D eigenvalue weighted by Crippen LogP contribution is -2.26. The molecule has 0 amide bonds. The number of nitrogens with two attached hydrogens (primary N) is 1. The van der Waals surface area contributed by atoms with Crippen LogP contribution in [0.15, 0.2) is 65.1 Å². The van der Waals surface area contributed by atoms with E-state index in [0.717, 1.165) is 11.1 Å². The number of carbonyl (C=O) groups excluding carboxylic acids is 1. The summed E-state index contributed by atoms with van der Waals surface area (Å²) >= 11 is 13.3. The van der Waals surface area contributed by atoms with Gasteiger partial charge in [-0.15, -0.1) is 0 Å². The number of nitrogens with zero attached hydrogens (tertiary/aromatic N) is 2. The zero-order valence-corrected chi connectivity index (χ0v) is 19.2. The molecule has 0 radical (unpaired) electrons. The smallest absolute Gasteiger partial charge is 0.340 e. The maximum Gasteiger partial charge on any atom is 0.340 e. The van der Waals surface area contributed by atoms with Gasteiger partial charge in [-0.3, -0.25) is 5.43 Å². The second-order valence-electron chi connectivity index (χ2n) is 6.69. The minimum atomic E-state index is -0.542. The molecule has 0 saturated heterocycles. The van der Waals surface area contributed by atoms with Crippen LogP contribution in [0.25, 0.3) is 0 Å². The fourth-order valence-electron chi connectivity index (χ4n) is 3.17. The van der Waals surface area contributed by atoms with Crippen LogP contribution in [0.2, 0.25) is 10.0 Å². The summed E-state index contributed by atoms with van der Waals surface area (Å²) in [6, 6.07) is 14.4. The van der Waals surface area contributed by atoms with Crippen molar-refractivity contribution in [2.24, 2.45) is 10.8 Å². The van der Waals surface area contributed by atoms with Crippen LogP contribution in [0.3, 0.4) is 0 Å². The van der Waals surface area contributed by atoms with Crippen LogP contribution in [0, 0.1) is 0 Å². The number of benzene rings is 2. The fraction of sp³-hybridized carbons (Fsp3) is 0.136. The minimum Gasteiger partial charge on any atom is -0.462 e. The summed E-state index contributed by atoms with van der Waals surface area (Å²) in [4.78, 5) is 17.8. The first-order valence-corrected chi connectivity index (χ1v) is 11.2. The highest BCUT2D eigenvalue weighted by Gasteiger charge is 2.38. The Morgan fingerprint density at radius 2 is 1.88 bits per heavy atom. The second-order valence-corrected chi connectivity index (χ2v) is 8.60. The number of rotatable bonds is 6. The predicted octanol–water partition coefficient (Wildman–Crippen LogP) is 5.15. The number of hydrogen-bond donors (Lipinski definition) is 2. The van der Waals surface area contributed by atoms with Crippen molar-refractivity contribution in [3.8, 4) is 5.88 Å². The number of hydrazone groups is 1. The van der Waals surface area contributed by atoms with Gasteiger partial charge in [0.05, 0.1) is 23.6 Å². The zero-order chi connectivity index (χ0) is 22.7. The Kier molecular flexibility index (Phi) is 6.64. The van der Waals surface area contributed by atoms with Crippen molar-refractivity contribution in [3.05, 3.63) is 86.0 Å². The van der Waals surface area contributed by atoms with E-state index in [-0.39, 0.29) is 18.1 Å². The molecule has 1 unspecified atom stereocenters. The van der Waals surface area contributed by atoms with Gasteiger partial charge in [0.1, 0.15) is 5.57 Å². The Labute approximate surface area is 198 Å². The van der Waals surface area contributed by atoms with E-state index in [2.05, 4.69) is 15.5 Å². The molecule has 3 aromatic rings. The van der Waals surface area contributed by atoms with Crippen LogP contribution in [0.5, 0.6) is 5.88 Å². The highest BCUT2D eigenvalue weighted by Crippen LogP contribution is 2.46. The molecule has 2 aromatic carbocycles. The van der Waals surface area contributed by atoms with Crippen LogP contribution >= 0.6 is 34.5 Å². The SMILES string of the molecule is CCOC(=O)C1=C(N)Oc2nc(N/N=C/c3ccc(Cl)cc3)sc2C1c1ccc(Cl)cc1. The molecule has 32 heavy (non-hydrogen) atoms. The molecular weight excluding hydrogens is 471 g/mol. The maximum absolute atomic E-state index is 12.7. The molecule has 10 heteroatoms. The molecule has 1 aliphatic heterocycles. The third kappa shape index (κ3) is 4.72. The van der Waals surface area contributed by atoms with Crippen molar-refractivity contribution in [3.63, 3.8) is 0 Å². The Bertz CT molecular complexity index is 1190. The number of ether oxygens (including phenoxy) is 2. The van der Waals surface area contributed by atoms with Gasteiger partial charge >= 0.3 is 5.97 Å². The first-order valence-electron chi connectivity index (χ1n) is 9.61. The van der Waals surface area contributed by atoms with Gasteiger partial charge in [-0.25, -0.2) is 4.79 Å². The summed E-state index contributed by atoms with van der Waals surface area (Å²) in [5, 5.41) is 5.93. The number of carbonyl (C=O) groups is 1. The monoisotopic (exact) mass is 488 g/mol. The molecule has 7 nitrogen and oxygen atoms in total. The third-order valence-corrected chi connectivity index (χ3v) is 6.10. The molecule has 164 valence electrons. The largest absolute Gasteiger partial charge is 0.462 e. The lowest BCUT2D eigenvalue weighted by molar-refractivity contribution is -0.139. The Morgan fingerprint density at radius 1 is 1.22 bits per heavy atom. The Hall–Kier alpha value is -3.07.